The maximum Gasteiger partial charge on any atom is 0.416 e. The Morgan fingerprint density at radius 2 is 1.39 bits per heavy atom. The molecule has 0 bridgehead atoms. The molecule has 23 heavy (non-hydrogen) atoms. The van der Waals surface area contributed by atoms with E-state index in [2.05, 4.69) is 17.4 Å². The molecule has 1 atom stereocenters. The first-order chi connectivity index (χ1) is 10.5. The van der Waals surface area contributed by atoms with Gasteiger partial charge in [0.2, 0.25) is 0 Å². The van der Waals surface area contributed by atoms with Gasteiger partial charge in [-0.3, -0.25) is 0 Å². The molecule has 0 amide bonds. The predicted molar refractivity (Wildman–Crippen MR) is 88.7 cm³/mol. The van der Waals surface area contributed by atoms with Crippen LogP contribution in [0.4, 0.5) is 13.2 Å². The van der Waals surface area contributed by atoms with Crippen LogP contribution in [-0.4, -0.2) is 6.54 Å². The van der Waals surface area contributed by atoms with Gasteiger partial charge in [0, 0.05) is 6.04 Å². The topological polar surface area (TPSA) is 12.0 Å². The Morgan fingerprint density at radius 1 is 0.826 bits per heavy atom. The van der Waals surface area contributed by atoms with Crippen molar-refractivity contribution in [3.63, 3.8) is 0 Å². The van der Waals surface area contributed by atoms with Crippen LogP contribution in [0.5, 0.6) is 0 Å². The number of halogens is 4. The lowest BCUT2D eigenvalue weighted by molar-refractivity contribution is -0.137. The third-order valence-electron chi connectivity index (χ3n) is 4.17. The Labute approximate surface area is 140 Å². The highest BCUT2D eigenvalue weighted by Crippen LogP contribution is 2.31. The Morgan fingerprint density at radius 3 is 1.87 bits per heavy atom. The predicted octanol–water partition coefficient (Wildman–Crippen LogP) is 5.61. The number of hydrogen-bond donors (Lipinski definition) is 1. The standard InChI is InChI=1S/C18H18F3N.ClH/c19-18(20,21)16-10-8-14(9-11-16)13-4-6-15(7-5-13)17-3-1-2-12-22-17;/h4-11,17,22H,1-3,12H2;1H/t17-;/m1./s1. The van der Waals surface area contributed by atoms with Crippen LogP contribution in [0.25, 0.3) is 11.1 Å². The van der Waals surface area contributed by atoms with Gasteiger partial charge in [0.25, 0.3) is 0 Å². The molecule has 0 aromatic heterocycles. The minimum absolute atomic E-state index is 0. The highest BCUT2D eigenvalue weighted by molar-refractivity contribution is 5.85. The lowest BCUT2D eigenvalue weighted by atomic mass is 9.95. The monoisotopic (exact) mass is 341 g/mol. The van der Waals surface area contributed by atoms with Gasteiger partial charge in [0.1, 0.15) is 0 Å². The number of rotatable bonds is 2. The molecule has 2 aromatic rings. The summed E-state index contributed by atoms with van der Waals surface area (Å²) in [5, 5.41) is 3.49. The van der Waals surface area contributed by atoms with E-state index in [1.807, 2.05) is 12.1 Å². The highest BCUT2D eigenvalue weighted by atomic mass is 35.5. The fourth-order valence-electron chi connectivity index (χ4n) is 2.90. The third-order valence-corrected chi connectivity index (χ3v) is 4.17. The second kappa shape index (κ2) is 7.37. The van der Waals surface area contributed by atoms with E-state index in [1.54, 1.807) is 0 Å². The first-order valence-electron chi connectivity index (χ1n) is 7.55. The van der Waals surface area contributed by atoms with Crippen molar-refractivity contribution in [2.24, 2.45) is 0 Å². The smallest absolute Gasteiger partial charge is 0.310 e. The zero-order valence-corrected chi connectivity index (χ0v) is 13.4. The maximum atomic E-state index is 12.6. The number of nitrogens with one attached hydrogen (secondary N) is 1. The van der Waals surface area contributed by atoms with Crippen LogP contribution >= 0.6 is 12.4 Å². The second-order valence-corrected chi connectivity index (χ2v) is 5.70. The van der Waals surface area contributed by atoms with Crippen molar-refractivity contribution in [1.82, 2.24) is 5.32 Å². The molecule has 5 heteroatoms. The van der Waals surface area contributed by atoms with Gasteiger partial charge in [-0.05, 0) is 48.2 Å². The van der Waals surface area contributed by atoms with Gasteiger partial charge in [-0.1, -0.05) is 42.8 Å². The largest absolute Gasteiger partial charge is 0.416 e. The summed E-state index contributed by atoms with van der Waals surface area (Å²) in [5.74, 6) is 0. The third kappa shape index (κ3) is 4.27. The van der Waals surface area contributed by atoms with Gasteiger partial charge in [-0.15, -0.1) is 12.4 Å². The Balaban J connectivity index is 0.00000192. The summed E-state index contributed by atoms with van der Waals surface area (Å²) in [6.07, 6.45) is -0.687. The van der Waals surface area contributed by atoms with Crippen LogP contribution in [0, 0.1) is 0 Å². The first-order valence-corrected chi connectivity index (χ1v) is 7.55. The highest BCUT2D eigenvalue weighted by Gasteiger charge is 2.29. The van der Waals surface area contributed by atoms with Gasteiger partial charge >= 0.3 is 6.18 Å². The van der Waals surface area contributed by atoms with Crippen molar-refractivity contribution < 1.29 is 13.2 Å². The Kier molecular flexibility index (Phi) is 5.71. The SMILES string of the molecule is Cl.FC(F)(F)c1ccc(-c2ccc([C@H]3CCCCN3)cc2)cc1. The van der Waals surface area contributed by atoms with E-state index in [9.17, 15) is 13.2 Å². The molecule has 1 N–H and O–H groups in total. The first kappa shape index (κ1) is 17.8. The molecule has 0 unspecified atom stereocenters. The van der Waals surface area contributed by atoms with Gasteiger partial charge in [0.05, 0.1) is 5.56 Å². The number of hydrogen-bond acceptors (Lipinski definition) is 1. The van der Waals surface area contributed by atoms with Crippen LogP contribution in [0.1, 0.15) is 36.4 Å². The summed E-state index contributed by atoms with van der Waals surface area (Å²) in [6.45, 7) is 1.05. The Bertz CT molecular complexity index is 614. The van der Waals surface area contributed by atoms with E-state index in [0.29, 0.717) is 6.04 Å². The molecular formula is C18H19ClF3N. The molecule has 1 aliphatic rings. The fourth-order valence-corrected chi connectivity index (χ4v) is 2.90. The van der Waals surface area contributed by atoms with Crippen molar-refractivity contribution in [2.45, 2.75) is 31.5 Å². The summed E-state index contributed by atoms with van der Waals surface area (Å²) in [4.78, 5) is 0. The molecular weight excluding hydrogens is 323 g/mol. The van der Waals surface area contributed by atoms with Gasteiger partial charge in [0.15, 0.2) is 0 Å². The minimum atomic E-state index is -4.28. The van der Waals surface area contributed by atoms with Crippen molar-refractivity contribution in [1.29, 1.82) is 0 Å². The molecule has 0 aliphatic carbocycles. The van der Waals surface area contributed by atoms with E-state index in [1.165, 1.54) is 30.5 Å². The zero-order chi connectivity index (χ0) is 15.6. The molecule has 1 fully saturated rings. The van der Waals surface area contributed by atoms with Crippen molar-refractivity contribution >= 4 is 12.4 Å². The lowest BCUT2D eigenvalue weighted by Gasteiger charge is -2.24. The lowest BCUT2D eigenvalue weighted by Crippen LogP contribution is -2.26. The summed E-state index contributed by atoms with van der Waals surface area (Å²) in [6, 6.07) is 13.8. The van der Waals surface area contributed by atoms with E-state index < -0.39 is 11.7 Å². The molecule has 0 saturated carbocycles. The molecule has 1 aliphatic heterocycles. The van der Waals surface area contributed by atoms with Crippen LogP contribution < -0.4 is 5.32 Å². The number of benzene rings is 2. The molecule has 1 saturated heterocycles. The van der Waals surface area contributed by atoms with Gasteiger partial charge in [-0.25, -0.2) is 0 Å². The summed E-state index contributed by atoms with van der Waals surface area (Å²) in [5.41, 5.74) is 2.37. The average molecular weight is 342 g/mol. The van der Waals surface area contributed by atoms with E-state index in [0.717, 1.165) is 36.2 Å². The minimum Gasteiger partial charge on any atom is -0.310 e. The fraction of sp³-hybridized carbons (Fsp3) is 0.333. The summed E-state index contributed by atoms with van der Waals surface area (Å²) in [7, 11) is 0. The zero-order valence-electron chi connectivity index (χ0n) is 12.6. The molecule has 124 valence electrons. The molecule has 1 nitrogen and oxygen atoms in total. The maximum absolute atomic E-state index is 12.6. The molecule has 0 radical (unpaired) electrons. The quantitative estimate of drug-likeness (QED) is 0.748. The van der Waals surface area contributed by atoms with E-state index in [-0.39, 0.29) is 12.4 Å². The van der Waals surface area contributed by atoms with Crippen LogP contribution in [0.3, 0.4) is 0 Å². The summed E-state index contributed by atoms with van der Waals surface area (Å²) < 4.78 is 37.7. The van der Waals surface area contributed by atoms with E-state index >= 15 is 0 Å². The van der Waals surface area contributed by atoms with E-state index in [4.69, 9.17) is 0 Å². The van der Waals surface area contributed by atoms with Gasteiger partial charge < -0.3 is 5.32 Å². The van der Waals surface area contributed by atoms with Crippen molar-refractivity contribution in [3.05, 3.63) is 59.7 Å². The molecule has 1 heterocycles. The van der Waals surface area contributed by atoms with Crippen LogP contribution in [0.15, 0.2) is 48.5 Å². The molecule has 0 spiro atoms. The molecule has 2 aromatic carbocycles. The summed E-state index contributed by atoms with van der Waals surface area (Å²) >= 11 is 0. The number of piperidine rings is 1. The second-order valence-electron chi connectivity index (χ2n) is 5.70. The van der Waals surface area contributed by atoms with Crippen LogP contribution in [0.2, 0.25) is 0 Å². The Hall–Kier alpha value is -1.52. The average Bonchev–Trinajstić information content (AvgIpc) is 2.55. The van der Waals surface area contributed by atoms with Gasteiger partial charge in [-0.2, -0.15) is 13.2 Å². The number of alkyl halides is 3. The molecule has 3 rings (SSSR count). The van der Waals surface area contributed by atoms with Crippen molar-refractivity contribution in [2.75, 3.05) is 6.54 Å². The van der Waals surface area contributed by atoms with Crippen molar-refractivity contribution in [3.8, 4) is 11.1 Å². The normalized spacial score (nSPS) is 18.3. The van der Waals surface area contributed by atoms with Crippen LogP contribution in [-0.2, 0) is 6.18 Å².